The lowest BCUT2D eigenvalue weighted by Crippen LogP contribution is -2.18. The number of carbonyl (C=O) groups excluding carboxylic acids is 1. The Balaban J connectivity index is 2.17. The Morgan fingerprint density at radius 2 is 2.15 bits per heavy atom. The zero-order chi connectivity index (χ0) is 14.8. The Bertz CT molecular complexity index is 623. The molecule has 2 rings (SSSR count). The van der Waals surface area contributed by atoms with Crippen molar-refractivity contribution in [3.05, 3.63) is 36.2 Å². The summed E-state index contributed by atoms with van der Waals surface area (Å²) >= 11 is 0. The topological polar surface area (TPSA) is 85.8 Å². The van der Waals surface area contributed by atoms with Crippen LogP contribution >= 0.6 is 0 Å². The van der Waals surface area contributed by atoms with Crippen LogP contribution in [0, 0.1) is 0 Å². The smallest absolute Gasteiger partial charge is 0.365 e. The predicted octanol–water partition coefficient (Wildman–Crippen LogP) is 1.68. The van der Waals surface area contributed by atoms with E-state index in [-0.39, 0.29) is 17.2 Å². The van der Waals surface area contributed by atoms with Gasteiger partial charge in [0.15, 0.2) is 5.82 Å². The minimum atomic E-state index is -4.35. The second kappa shape index (κ2) is 5.19. The molecule has 2 heterocycles. The Hall–Kier alpha value is -2.58. The molecule has 1 amide bonds. The van der Waals surface area contributed by atoms with Gasteiger partial charge in [-0.15, -0.1) is 0 Å². The van der Waals surface area contributed by atoms with Gasteiger partial charge in [-0.05, 0) is 12.1 Å². The van der Waals surface area contributed by atoms with E-state index in [9.17, 15) is 18.0 Å². The molecule has 2 aromatic heterocycles. The van der Waals surface area contributed by atoms with Crippen LogP contribution in [-0.2, 0) is 6.54 Å². The van der Waals surface area contributed by atoms with E-state index >= 15 is 0 Å². The van der Waals surface area contributed by atoms with Crippen LogP contribution in [0.4, 0.5) is 24.8 Å². The molecular weight excluding hydrogens is 275 g/mol. The number of hydrogen-bond donors (Lipinski definition) is 2. The molecule has 0 saturated heterocycles. The number of halogens is 3. The summed E-state index contributed by atoms with van der Waals surface area (Å²) < 4.78 is 37.3. The van der Waals surface area contributed by atoms with Gasteiger partial charge in [0.1, 0.15) is 12.4 Å². The number of hydrogen-bond acceptors (Lipinski definition) is 4. The summed E-state index contributed by atoms with van der Waals surface area (Å²) in [7, 11) is 0. The molecule has 0 bridgehead atoms. The standard InChI is InChI=1S/C11H10F3N5O/c12-11(13,14)6-19-5-3-8(18-19)17-10-7(9(15)20)2-1-4-16-10/h1-5H,6H2,(H2,15,20)(H,16,17,18). The molecule has 2 aromatic rings. The van der Waals surface area contributed by atoms with Gasteiger partial charge >= 0.3 is 6.18 Å². The zero-order valence-corrected chi connectivity index (χ0v) is 10.1. The first kappa shape index (κ1) is 13.8. The zero-order valence-electron chi connectivity index (χ0n) is 10.1. The van der Waals surface area contributed by atoms with Gasteiger partial charge in [0.2, 0.25) is 0 Å². The fraction of sp³-hybridized carbons (Fsp3) is 0.182. The highest BCUT2D eigenvalue weighted by atomic mass is 19.4. The monoisotopic (exact) mass is 285 g/mol. The summed E-state index contributed by atoms with van der Waals surface area (Å²) in [5, 5.41) is 6.33. The van der Waals surface area contributed by atoms with Crippen molar-refractivity contribution in [2.24, 2.45) is 5.73 Å². The number of amides is 1. The van der Waals surface area contributed by atoms with Gasteiger partial charge < -0.3 is 11.1 Å². The van der Waals surface area contributed by atoms with Crippen LogP contribution in [0.5, 0.6) is 0 Å². The Labute approximate surface area is 111 Å². The van der Waals surface area contributed by atoms with Crippen molar-refractivity contribution in [2.45, 2.75) is 12.7 Å². The molecule has 106 valence electrons. The van der Waals surface area contributed by atoms with Gasteiger partial charge in [0.25, 0.3) is 5.91 Å². The molecule has 0 aliphatic heterocycles. The number of rotatable bonds is 4. The van der Waals surface area contributed by atoms with Gasteiger partial charge in [-0.3, -0.25) is 9.48 Å². The third-order valence-corrected chi connectivity index (χ3v) is 2.30. The molecule has 0 fully saturated rings. The third kappa shape index (κ3) is 3.46. The molecule has 3 N–H and O–H groups in total. The predicted molar refractivity (Wildman–Crippen MR) is 64.3 cm³/mol. The summed E-state index contributed by atoms with van der Waals surface area (Å²) in [6.07, 6.45) is -1.77. The second-order valence-electron chi connectivity index (χ2n) is 3.90. The maximum Gasteiger partial charge on any atom is 0.408 e. The van der Waals surface area contributed by atoms with Crippen molar-refractivity contribution in [2.75, 3.05) is 5.32 Å². The number of aromatic nitrogens is 3. The molecule has 0 atom stereocenters. The molecule has 6 nitrogen and oxygen atoms in total. The molecule has 0 aromatic carbocycles. The molecule has 0 aliphatic rings. The second-order valence-corrected chi connectivity index (χ2v) is 3.90. The summed E-state index contributed by atoms with van der Waals surface area (Å²) in [6.45, 7) is -1.19. The average molecular weight is 285 g/mol. The summed E-state index contributed by atoms with van der Waals surface area (Å²) in [4.78, 5) is 15.1. The SMILES string of the molecule is NC(=O)c1cccnc1Nc1ccn(CC(F)(F)F)n1. The number of carbonyl (C=O) groups is 1. The quantitative estimate of drug-likeness (QED) is 0.895. The fourth-order valence-corrected chi connectivity index (χ4v) is 1.53. The Kier molecular flexibility index (Phi) is 3.59. The van der Waals surface area contributed by atoms with Crippen LogP contribution in [0.25, 0.3) is 0 Å². The molecule has 9 heteroatoms. The van der Waals surface area contributed by atoms with Gasteiger partial charge in [0.05, 0.1) is 5.56 Å². The minimum absolute atomic E-state index is 0.123. The van der Waals surface area contributed by atoms with Gasteiger partial charge in [-0.2, -0.15) is 18.3 Å². The maximum absolute atomic E-state index is 12.2. The highest BCUT2D eigenvalue weighted by Crippen LogP contribution is 2.19. The van der Waals surface area contributed by atoms with Crippen molar-refractivity contribution >= 4 is 17.5 Å². The van der Waals surface area contributed by atoms with E-state index in [0.29, 0.717) is 0 Å². The van der Waals surface area contributed by atoms with E-state index in [1.165, 1.54) is 30.6 Å². The van der Waals surface area contributed by atoms with E-state index in [1.54, 1.807) is 0 Å². The van der Waals surface area contributed by atoms with Gasteiger partial charge in [-0.25, -0.2) is 4.98 Å². The maximum atomic E-state index is 12.2. The van der Waals surface area contributed by atoms with Crippen LogP contribution in [0.3, 0.4) is 0 Å². The van der Waals surface area contributed by atoms with E-state index in [1.807, 2.05) is 0 Å². The minimum Gasteiger partial charge on any atom is -0.365 e. The van der Waals surface area contributed by atoms with Gasteiger partial charge in [-0.1, -0.05) is 0 Å². The number of nitrogens with zero attached hydrogens (tertiary/aromatic N) is 3. The number of nitrogens with one attached hydrogen (secondary N) is 1. The Morgan fingerprint density at radius 1 is 1.40 bits per heavy atom. The first-order valence-corrected chi connectivity index (χ1v) is 5.47. The van der Waals surface area contributed by atoms with Crippen molar-refractivity contribution in [3.63, 3.8) is 0 Å². The average Bonchev–Trinajstić information content (AvgIpc) is 2.74. The fourth-order valence-electron chi connectivity index (χ4n) is 1.53. The molecule has 0 saturated carbocycles. The van der Waals surface area contributed by atoms with Crippen LogP contribution < -0.4 is 11.1 Å². The molecule has 0 spiro atoms. The van der Waals surface area contributed by atoms with E-state index < -0.39 is 18.6 Å². The molecule has 0 aliphatic carbocycles. The number of pyridine rings is 1. The lowest BCUT2D eigenvalue weighted by Gasteiger charge is -2.07. The van der Waals surface area contributed by atoms with Crippen LogP contribution in [-0.4, -0.2) is 26.8 Å². The number of nitrogens with two attached hydrogens (primary N) is 1. The van der Waals surface area contributed by atoms with Crippen molar-refractivity contribution in [1.82, 2.24) is 14.8 Å². The van der Waals surface area contributed by atoms with Gasteiger partial charge in [0, 0.05) is 18.5 Å². The van der Waals surface area contributed by atoms with Crippen LogP contribution in [0.15, 0.2) is 30.6 Å². The lowest BCUT2D eigenvalue weighted by molar-refractivity contribution is -0.142. The third-order valence-electron chi connectivity index (χ3n) is 2.30. The number of anilines is 2. The van der Waals surface area contributed by atoms with E-state index in [0.717, 1.165) is 4.68 Å². The highest BCUT2D eigenvalue weighted by molar-refractivity contribution is 5.98. The normalized spacial score (nSPS) is 11.3. The van der Waals surface area contributed by atoms with Crippen LogP contribution in [0.1, 0.15) is 10.4 Å². The number of alkyl halides is 3. The largest absolute Gasteiger partial charge is 0.408 e. The molecule has 20 heavy (non-hydrogen) atoms. The lowest BCUT2D eigenvalue weighted by atomic mass is 10.2. The van der Waals surface area contributed by atoms with Crippen molar-refractivity contribution in [3.8, 4) is 0 Å². The molecule has 0 radical (unpaired) electrons. The Morgan fingerprint density at radius 3 is 2.80 bits per heavy atom. The summed E-state index contributed by atoms with van der Waals surface area (Å²) in [5.41, 5.74) is 5.29. The molecular formula is C11H10F3N5O. The first-order chi connectivity index (χ1) is 9.35. The van der Waals surface area contributed by atoms with Crippen LogP contribution in [0.2, 0.25) is 0 Å². The van der Waals surface area contributed by atoms with E-state index in [2.05, 4.69) is 15.4 Å². The van der Waals surface area contributed by atoms with E-state index in [4.69, 9.17) is 5.73 Å². The first-order valence-electron chi connectivity index (χ1n) is 5.47. The van der Waals surface area contributed by atoms with Crippen molar-refractivity contribution in [1.29, 1.82) is 0 Å². The summed E-state index contributed by atoms with van der Waals surface area (Å²) in [6, 6.07) is 4.31. The number of primary amides is 1. The molecule has 0 unspecified atom stereocenters. The summed E-state index contributed by atoms with van der Waals surface area (Å²) in [5.74, 6) is -0.428. The highest BCUT2D eigenvalue weighted by Gasteiger charge is 2.28. The van der Waals surface area contributed by atoms with Crippen molar-refractivity contribution < 1.29 is 18.0 Å².